The topological polar surface area (TPSA) is 105 Å². The fourth-order valence-electron chi connectivity index (χ4n) is 2.56. The largest absolute Gasteiger partial charge is 0.390 e. The molecular formula is C19H26N4O4S. The second kappa shape index (κ2) is 10.8. The average molecular weight is 407 g/mol. The molecule has 2 rings (SSSR count). The first-order valence-electron chi connectivity index (χ1n) is 8.85. The van der Waals surface area contributed by atoms with E-state index in [2.05, 4.69) is 15.6 Å². The molecule has 0 spiro atoms. The number of rotatable bonds is 10. The van der Waals surface area contributed by atoms with Crippen molar-refractivity contribution in [3.05, 3.63) is 41.2 Å². The number of anilines is 1. The normalized spacial score (nSPS) is 10.7. The van der Waals surface area contributed by atoms with Crippen molar-refractivity contribution >= 4 is 29.3 Å². The van der Waals surface area contributed by atoms with Gasteiger partial charge in [-0.25, -0.2) is 4.98 Å². The van der Waals surface area contributed by atoms with Crippen molar-refractivity contribution < 1.29 is 19.4 Å². The van der Waals surface area contributed by atoms with E-state index in [0.717, 1.165) is 16.8 Å². The maximum atomic E-state index is 12.3. The number of carbonyl (C=O) groups is 2. The number of hydrogen-bond acceptors (Lipinski definition) is 6. The molecular weight excluding hydrogens is 380 g/mol. The third kappa shape index (κ3) is 6.36. The van der Waals surface area contributed by atoms with Crippen molar-refractivity contribution in [1.82, 2.24) is 14.9 Å². The zero-order valence-corrected chi connectivity index (χ0v) is 17.1. The molecule has 3 N–H and O–H groups in total. The second-order valence-electron chi connectivity index (χ2n) is 6.27. The highest BCUT2D eigenvalue weighted by Crippen LogP contribution is 2.20. The van der Waals surface area contributed by atoms with Crippen LogP contribution in [0.2, 0.25) is 0 Å². The van der Waals surface area contributed by atoms with Gasteiger partial charge >= 0.3 is 0 Å². The van der Waals surface area contributed by atoms with Crippen LogP contribution in [0.25, 0.3) is 0 Å². The quantitative estimate of drug-likeness (QED) is 0.408. The van der Waals surface area contributed by atoms with Gasteiger partial charge in [-0.05, 0) is 25.5 Å². The molecule has 1 aromatic carbocycles. The monoisotopic (exact) mass is 406 g/mol. The third-order valence-electron chi connectivity index (χ3n) is 3.98. The minimum Gasteiger partial charge on any atom is -0.390 e. The molecule has 152 valence electrons. The van der Waals surface area contributed by atoms with E-state index in [1.165, 1.54) is 18.0 Å². The van der Waals surface area contributed by atoms with Gasteiger partial charge in [0.1, 0.15) is 6.54 Å². The van der Waals surface area contributed by atoms with Crippen LogP contribution in [0.3, 0.4) is 0 Å². The zero-order valence-electron chi connectivity index (χ0n) is 16.3. The lowest BCUT2D eigenvalue weighted by atomic mass is 10.1. The number of aryl methyl sites for hydroxylation is 2. The number of aliphatic hydroxyl groups excluding tert-OH is 1. The second-order valence-corrected chi connectivity index (χ2v) is 7.22. The summed E-state index contributed by atoms with van der Waals surface area (Å²) in [5.74, 6) is -0.242. The van der Waals surface area contributed by atoms with Crippen LogP contribution in [0.1, 0.15) is 16.8 Å². The number of imidazole rings is 1. The number of nitrogens with one attached hydrogen (secondary N) is 2. The molecule has 1 aromatic heterocycles. The van der Waals surface area contributed by atoms with Crippen molar-refractivity contribution in [3.8, 4) is 0 Å². The molecule has 9 heteroatoms. The van der Waals surface area contributed by atoms with Crippen molar-refractivity contribution in [1.29, 1.82) is 0 Å². The Hall–Kier alpha value is -2.36. The van der Waals surface area contributed by atoms with Crippen LogP contribution < -0.4 is 10.6 Å². The van der Waals surface area contributed by atoms with Gasteiger partial charge in [0.15, 0.2) is 5.16 Å². The van der Waals surface area contributed by atoms with Gasteiger partial charge in [0.25, 0.3) is 0 Å². The van der Waals surface area contributed by atoms with E-state index in [1.54, 1.807) is 11.7 Å². The SMILES string of the molecule is COCCNC(=O)Cn1c(CO)cnc1SCC(=O)Nc1ccc(C)cc1C. The molecule has 0 bridgehead atoms. The number of methoxy groups -OCH3 is 1. The molecule has 2 aromatic rings. The summed E-state index contributed by atoms with van der Waals surface area (Å²) in [6.07, 6.45) is 1.51. The smallest absolute Gasteiger partial charge is 0.240 e. The number of ether oxygens (including phenoxy) is 1. The Morgan fingerprint density at radius 1 is 1.29 bits per heavy atom. The van der Waals surface area contributed by atoms with Crippen molar-refractivity contribution in [3.63, 3.8) is 0 Å². The average Bonchev–Trinajstić information content (AvgIpc) is 3.04. The molecule has 1 heterocycles. The number of thioether (sulfide) groups is 1. The van der Waals surface area contributed by atoms with Gasteiger partial charge in [0.2, 0.25) is 11.8 Å². The summed E-state index contributed by atoms with van der Waals surface area (Å²) < 4.78 is 6.51. The number of amides is 2. The highest BCUT2D eigenvalue weighted by Gasteiger charge is 2.15. The van der Waals surface area contributed by atoms with E-state index in [4.69, 9.17) is 4.74 Å². The fraction of sp³-hybridized carbons (Fsp3) is 0.421. The minimum absolute atomic E-state index is 0.0145. The van der Waals surface area contributed by atoms with E-state index in [1.807, 2.05) is 32.0 Å². The standard InChI is InChI=1S/C19H26N4O4S/c1-13-4-5-16(14(2)8-13)22-18(26)12-28-19-21-9-15(11-24)23(19)10-17(25)20-6-7-27-3/h4-5,8-9,24H,6-7,10-12H2,1-3H3,(H,20,25)(H,22,26). The van der Waals surface area contributed by atoms with Crippen LogP contribution in [0.5, 0.6) is 0 Å². The predicted molar refractivity (Wildman–Crippen MR) is 108 cm³/mol. The Balaban J connectivity index is 1.96. The zero-order chi connectivity index (χ0) is 20.5. The van der Waals surface area contributed by atoms with Crippen LogP contribution in [0, 0.1) is 13.8 Å². The summed E-state index contributed by atoms with van der Waals surface area (Å²) in [5.41, 5.74) is 3.41. The molecule has 0 fully saturated rings. The molecule has 0 aliphatic heterocycles. The first-order chi connectivity index (χ1) is 13.4. The fourth-order valence-corrected chi connectivity index (χ4v) is 3.36. The lowest BCUT2D eigenvalue weighted by Gasteiger charge is -2.12. The maximum Gasteiger partial charge on any atom is 0.240 e. The van der Waals surface area contributed by atoms with Gasteiger partial charge in [-0.3, -0.25) is 9.59 Å². The van der Waals surface area contributed by atoms with E-state index >= 15 is 0 Å². The van der Waals surface area contributed by atoms with Gasteiger partial charge in [0.05, 0.1) is 30.9 Å². The van der Waals surface area contributed by atoms with Crippen LogP contribution in [-0.4, -0.2) is 52.5 Å². The van der Waals surface area contributed by atoms with E-state index < -0.39 is 0 Å². The molecule has 2 amide bonds. The van der Waals surface area contributed by atoms with E-state index in [0.29, 0.717) is 24.0 Å². The van der Waals surface area contributed by atoms with Crippen molar-refractivity contribution in [2.24, 2.45) is 0 Å². The molecule has 0 aliphatic rings. The lowest BCUT2D eigenvalue weighted by molar-refractivity contribution is -0.122. The van der Waals surface area contributed by atoms with Crippen LogP contribution in [0.15, 0.2) is 29.6 Å². The first-order valence-corrected chi connectivity index (χ1v) is 9.84. The summed E-state index contributed by atoms with van der Waals surface area (Å²) in [6.45, 7) is 4.53. The Morgan fingerprint density at radius 3 is 2.75 bits per heavy atom. The number of carbonyl (C=O) groups excluding carboxylic acids is 2. The Morgan fingerprint density at radius 2 is 2.07 bits per heavy atom. The van der Waals surface area contributed by atoms with Crippen molar-refractivity contribution in [2.45, 2.75) is 32.2 Å². The van der Waals surface area contributed by atoms with Crippen LogP contribution in [-0.2, 0) is 27.5 Å². The number of benzene rings is 1. The van der Waals surface area contributed by atoms with Crippen LogP contribution in [0.4, 0.5) is 5.69 Å². The highest BCUT2D eigenvalue weighted by molar-refractivity contribution is 7.99. The highest BCUT2D eigenvalue weighted by atomic mass is 32.2. The van der Waals surface area contributed by atoms with Gasteiger partial charge in [-0.15, -0.1) is 0 Å². The number of aromatic nitrogens is 2. The van der Waals surface area contributed by atoms with E-state index in [9.17, 15) is 14.7 Å². The molecule has 0 aliphatic carbocycles. The Labute approximate surface area is 168 Å². The van der Waals surface area contributed by atoms with Gasteiger partial charge in [-0.2, -0.15) is 0 Å². The summed E-state index contributed by atoms with van der Waals surface area (Å²) in [6, 6.07) is 5.83. The van der Waals surface area contributed by atoms with Gasteiger partial charge in [0, 0.05) is 19.3 Å². The number of aliphatic hydroxyl groups is 1. The Bertz CT molecular complexity index is 822. The predicted octanol–water partition coefficient (Wildman–Crippen LogP) is 1.49. The third-order valence-corrected chi connectivity index (χ3v) is 4.97. The maximum absolute atomic E-state index is 12.3. The molecule has 0 radical (unpaired) electrons. The molecule has 0 unspecified atom stereocenters. The molecule has 0 atom stereocenters. The summed E-state index contributed by atoms with van der Waals surface area (Å²) in [5, 5.41) is 15.6. The molecule has 0 saturated heterocycles. The van der Waals surface area contributed by atoms with Crippen LogP contribution >= 0.6 is 11.8 Å². The lowest BCUT2D eigenvalue weighted by Crippen LogP contribution is -2.31. The Kier molecular flexibility index (Phi) is 8.49. The number of nitrogens with zero attached hydrogens (tertiary/aromatic N) is 2. The molecule has 28 heavy (non-hydrogen) atoms. The van der Waals surface area contributed by atoms with Gasteiger partial charge < -0.3 is 25.0 Å². The number of hydrogen-bond donors (Lipinski definition) is 3. The summed E-state index contributed by atoms with van der Waals surface area (Å²) >= 11 is 1.21. The first kappa shape index (κ1) is 21.9. The minimum atomic E-state index is -0.242. The van der Waals surface area contributed by atoms with E-state index in [-0.39, 0.29) is 30.7 Å². The summed E-state index contributed by atoms with van der Waals surface area (Å²) in [7, 11) is 1.56. The van der Waals surface area contributed by atoms with Gasteiger partial charge in [-0.1, -0.05) is 29.5 Å². The summed E-state index contributed by atoms with van der Waals surface area (Å²) in [4.78, 5) is 28.6. The molecule has 8 nitrogen and oxygen atoms in total. The molecule has 0 saturated carbocycles. The van der Waals surface area contributed by atoms with Crippen molar-refractivity contribution in [2.75, 3.05) is 31.3 Å².